The van der Waals surface area contributed by atoms with Crippen molar-refractivity contribution in [3.8, 4) is 0 Å². The summed E-state index contributed by atoms with van der Waals surface area (Å²) in [5.74, 6) is 0.588. The molecule has 0 amide bonds. The lowest BCUT2D eigenvalue weighted by Gasteiger charge is -2.21. The zero-order chi connectivity index (χ0) is 10.9. The lowest BCUT2D eigenvalue weighted by Crippen LogP contribution is -2.37. The minimum atomic E-state index is 0.0807. The van der Waals surface area contributed by atoms with Crippen molar-refractivity contribution in [1.82, 2.24) is 5.32 Å². The Morgan fingerprint density at radius 3 is 2.80 bits per heavy atom. The lowest BCUT2D eigenvalue weighted by molar-refractivity contribution is -0.0905. The molecule has 0 bridgehead atoms. The van der Waals surface area contributed by atoms with Crippen molar-refractivity contribution in [1.29, 1.82) is 0 Å². The van der Waals surface area contributed by atoms with Gasteiger partial charge in [-0.25, -0.2) is 0 Å². The Bertz CT molecular complexity index is 212. The largest absolute Gasteiger partial charge is 0.352 e. The first kappa shape index (κ1) is 11.4. The van der Waals surface area contributed by atoms with Gasteiger partial charge in [0.25, 0.3) is 0 Å². The Hall–Kier alpha value is -0.120. The number of nitrogens with one attached hydrogen (secondary N) is 1. The number of fused-ring (bicyclic) bond motifs is 1. The van der Waals surface area contributed by atoms with Crippen LogP contribution in [0.4, 0.5) is 0 Å². The zero-order valence-electron chi connectivity index (χ0n) is 10.1. The van der Waals surface area contributed by atoms with Crippen LogP contribution in [0.5, 0.6) is 0 Å². The topological polar surface area (TPSA) is 30.5 Å². The second-order valence-electron chi connectivity index (χ2n) is 5.90. The molecule has 15 heavy (non-hydrogen) atoms. The molecular weight excluding hydrogens is 190 g/mol. The molecule has 1 unspecified atom stereocenters. The molecule has 0 spiro atoms. The molecule has 0 aromatic carbocycles. The maximum atomic E-state index is 5.59. The van der Waals surface area contributed by atoms with Gasteiger partial charge in [-0.3, -0.25) is 0 Å². The third-order valence-corrected chi connectivity index (χ3v) is 3.32. The monoisotopic (exact) mass is 213 g/mol. The molecule has 3 heteroatoms. The molecule has 88 valence electrons. The molecule has 2 heterocycles. The fraction of sp³-hybridized carbons (Fsp3) is 1.00. The summed E-state index contributed by atoms with van der Waals surface area (Å²) in [6, 6.07) is 0.514. The fourth-order valence-electron chi connectivity index (χ4n) is 2.31. The van der Waals surface area contributed by atoms with E-state index in [1.54, 1.807) is 0 Å². The Morgan fingerprint density at radius 1 is 1.27 bits per heavy atom. The van der Waals surface area contributed by atoms with E-state index >= 15 is 0 Å². The highest BCUT2D eigenvalue weighted by atomic mass is 16.7. The normalized spacial score (nSPS) is 35.8. The van der Waals surface area contributed by atoms with Crippen molar-refractivity contribution in [2.24, 2.45) is 11.3 Å². The number of hydrogen-bond donors (Lipinski definition) is 1. The van der Waals surface area contributed by atoms with E-state index in [1.807, 2.05) is 0 Å². The number of ether oxygens (including phenoxy) is 2. The first-order valence-corrected chi connectivity index (χ1v) is 6.03. The molecule has 3 nitrogen and oxygen atoms in total. The van der Waals surface area contributed by atoms with E-state index in [-0.39, 0.29) is 6.29 Å². The van der Waals surface area contributed by atoms with Gasteiger partial charge in [-0.15, -0.1) is 0 Å². The van der Waals surface area contributed by atoms with Crippen molar-refractivity contribution in [3.05, 3.63) is 0 Å². The van der Waals surface area contributed by atoms with Crippen LogP contribution in [0, 0.1) is 11.3 Å². The summed E-state index contributed by atoms with van der Waals surface area (Å²) in [4.78, 5) is 0. The quantitative estimate of drug-likeness (QED) is 0.775. The fourth-order valence-corrected chi connectivity index (χ4v) is 2.31. The van der Waals surface area contributed by atoms with Crippen molar-refractivity contribution in [3.63, 3.8) is 0 Å². The van der Waals surface area contributed by atoms with Crippen LogP contribution in [0.3, 0.4) is 0 Å². The van der Waals surface area contributed by atoms with Crippen LogP contribution in [-0.4, -0.2) is 32.1 Å². The van der Waals surface area contributed by atoms with Gasteiger partial charge in [0, 0.05) is 12.0 Å². The van der Waals surface area contributed by atoms with Crippen LogP contribution < -0.4 is 5.32 Å². The average molecular weight is 213 g/mol. The highest BCUT2D eigenvalue weighted by Crippen LogP contribution is 2.31. The molecule has 0 aromatic heterocycles. The molecule has 2 aliphatic heterocycles. The number of hydrogen-bond acceptors (Lipinski definition) is 3. The van der Waals surface area contributed by atoms with Crippen LogP contribution >= 0.6 is 0 Å². The molecule has 2 fully saturated rings. The van der Waals surface area contributed by atoms with Crippen molar-refractivity contribution < 1.29 is 9.47 Å². The van der Waals surface area contributed by atoms with Gasteiger partial charge < -0.3 is 14.8 Å². The standard InChI is InChI=1S/C12H23NO2/c1-12(2,3)5-6-13-10-8-15-11-9(10)4-7-14-11/h9-11,13H,4-8H2,1-3H3/t9?,10-,11-/m0/s1. The summed E-state index contributed by atoms with van der Waals surface area (Å²) in [5.41, 5.74) is 0.415. The molecule has 0 radical (unpaired) electrons. The minimum absolute atomic E-state index is 0.0807. The molecule has 0 aromatic rings. The van der Waals surface area contributed by atoms with Crippen LogP contribution in [0.1, 0.15) is 33.6 Å². The predicted molar refractivity (Wildman–Crippen MR) is 59.7 cm³/mol. The summed E-state index contributed by atoms with van der Waals surface area (Å²) < 4.78 is 11.1. The Kier molecular flexibility index (Phi) is 3.33. The van der Waals surface area contributed by atoms with E-state index in [0.29, 0.717) is 17.4 Å². The van der Waals surface area contributed by atoms with Gasteiger partial charge in [0.05, 0.1) is 13.2 Å². The van der Waals surface area contributed by atoms with Gasteiger partial charge in [0.2, 0.25) is 0 Å². The van der Waals surface area contributed by atoms with Crippen LogP contribution in [0.25, 0.3) is 0 Å². The van der Waals surface area contributed by atoms with Crippen molar-refractivity contribution >= 4 is 0 Å². The summed E-state index contributed by atoms with van der Waals surface area (Å²) in [6.45, 7) is 9.61. The number of rotatable bonds is 3. The summed E-state index contributed by atoms with van der Waals surface area (Å²) >= 11 is 0. The van der Waals surface area contributed by atoms with E-state index in [9.17, 15) is 0 Å². The second kappa shape index (κ2) is 4.40. The first-order chi connectivity index (χ1) is 7.06. The molecule has 3 atom stereocenters. The minimum Gasteiger partial charge on any atom is -0.352 e. The smallest absolute Gasteiger partial charge is 0.162 e. The van der Waals surface area contributed by atoms with Crippen molar-refractivity contribution in [2.45, 2.75) is 45.9 Å². The van der Waals surface area contributed by atoms with Gasteiger partial charge in [-0.05, 0) is 24.8 Å². The molecule has 0 saturated carbocycles. The predicted octanol–water partition coefficient (Wildman–Crippen LogP) is 1.77. The van der Waals surface area contributed by atoms with E-state index < -0.39 is 0 Å². The van der Waals surface area contributed by atoms with Gasteiger partial charge in [-0.1, -0.05) is 20.8 Å². The third-order valence-electron chi connectivity index (χ3n) is 3.32. The molecular formula is C12H23NO2. The zero-order valence-corrected chi connectivity index (χ0v) is 10.1. The average Bonchev–Trinajstić information content (AvgIpc) is 2.66. The molecule has 2 rings (SSSR count). The van der Waals surface area contributed by atoms with E-state index in [2.05, 4.69) is 26.1 Å². The van der Waals surface area contributed by atoms with Gasteiger partial charge in [0.15, 0.2) is 6.29 Å². The molecule has 2 aliphatic rings. The highest BCUT2D eigenvalue weighted by Gasteiger charge is 2.41. The summed E-state index contributed by atoms with van der Waals surface area (Å²) in [5, 5.41) is 3.60. The Morgan fingerprint density at radius 2 is 2.07 bits per heavy atom. The SMILES string of the molecule is CC(C)(C)CCN[C@H]1CO[C@@H]2OCCC21. The van der Waals surface area contributed by atoms with Gasteiger partial charge >= 0.3 is 0 Å². The Balaban J connectivity index is 1.71. The van der Waals surface area contributed by atoms with E-state index in [0.717, 1.165) is 26.2 Å². The van der Waals surface area contributed by atoms with Gasteiger partial charge in [0.1, 0.15) is 0 Å². The lowest BCUT2D eigenvalue weighted by atomic mass is 9.92. The third kappa shape index (κ3) is 2.92. The van der Waals surface area contributed by atoms with E-state index in [1.165, 1.54) is 6.42 Å². The first-order valence-electron chi connectivity index (χ1n) is 6.03. The van der Waals surface area contributed by atoms with Gasteiger partial charge in [-0.2, -0.15) is 0 Å². The van der Waals surface area contributed by atoms with Crippen LogP contribution in [0.15, 0.2) is 0 Å². The highest BCUT2D eigenvalue weighted by molar-refractivity contribution is 4.87. The molecule has 2 saturated heterocycles. The maximum Gasteiger partial charge on any atom is 0.162 e. The van der Waals surface area contributed by atoms with Crippen LogP contribution in [0.2, 0.25) is 0 Å². The summed E-state index contributed by atoms with van der Waals surface area (Å²) in [7, 11) is 0. The maximum absolute atomic E-state index is 5.59. The second-order valence-corrected chi connectivity index (χ2v) is 5.90. The molecule has 0 aliphatic carbocycles. The molecule has 1 N–H and O–H groups in total. The van der Waals surface area contributed by atoms with Crippen LogP contribution in [-0.2, 0) is 9.47 Å². The Labute approximate surface area is 92.5 Å². The van der Waals surface area contributed by atoms with E-state index in [4.69, 9.17) is 9.47 Å². The summed E-state index contributed by atoms with van der Waals surface area (Å²) in [6.07, 6.45) is 2.44. The van der Waals surface area contributed by atoms with Crippen molar-refractivity contribution in [2.75, 3.05) is 19.8 Å².